The highest BCUT2D eigenvalue weighted by Gasteiger charge is 2.25. The van der Waals surface area contributed by atoms with Gasteiger partial charge in [-0.05, 0) is 12.3 Å². The van der Waals surface area contributed by atoms with Crippen molar-refractivity contribution >= 4 is 11.4 Å². The number of rotatable bonds is 9. The summed E-state index contributed by atoms with van der Waals surface area (Å²) in [7, 11) is 0. The predicted octanol–water partition coefficient (Wildman–Crippen LogP) is 6.81. The minimum atomic E-state index is -0.292. The van der Waals surface area contributed by atoms with E-state index in [9.17, 15) is 4.79 Å². The van der Waals surface area contributed by atoms with E-state index in [0.29, 0.717) is 23.6 Å². The van der Waals surface area contributed by atoms with Gasteiger partial charge in [0.1, 0.15) is 11.5 Å². The quantitative estimate of drug-likeness (QED) is 0.406. The molecule has 29 heavy (non-hydrogen) atoms. The van der Waals surface area contributed by atoms with Crippen molar-refractivity contribution in [3.8, 4) is 22.6 Å². The Balaban J connectivity index is 1.59. The summed E-state index contributed by atoms with van der Waals surface area (Å²) in [5.41, 5.74) is 3.38. The summed E-state index contributed by atoms with van der Waals surface area (Å²) in [5, 5.41) is 0. The molecule has 148 valence electrons. The molecule has 1 aliphatic rings. The maximum Gasteiger partial charge on any atom is 0.223 e. The molecule has 3 heteroatoms. The van der Waals surface area contributed by atoms with E-state index in [1.54, 1.807) is 0 Å². The van der Waals surface area contributed by atoms with Gasteiger partial charge in [-0.1, -0.05) is 93.4 Å². The van der Waals surface area contributed by atoms with Crippen LogP contribution in [-0.4, -0.2) is 10.8 Å². The second-order valence-corrected chi connectivity index (χ2v) is 7.98. The molecule has 0 spiro atoms. The van der Waals surface area contributed by atoms with Crippen LogP contribution in [0.15, 0.2) is 71.7 Å². The Bertz CT molecular complexity index is 927. The Labute approximate surface area is 172 Å². The van der Waals surface area contributed by atoms with E-state index < -0.39 is 0 Å². The van der Waals surface area contributed by atoms with Crippen molar-refractivity contribution in [3.63, 3.8) is 0 Å². The van der Waals surface area contributed by atoms with Gasteiger partial charge in [-0.15, -0.1) is 0 Å². The third kappa shape index (κ3) is 4.56. The molecule has 1 unspecified atom stereocenters. The van der Waals surface area contributed by atoms with E-state index in [2.05, 4.69) is 6.58 Å². The number of allylic oxidation sites excluding steroid dienone is 1. The molecule has 0 bridgehead atoms. The molecule has 0 N–H and O–H groups in total. The van der Waals surface area contributed by atoms with E-state index in [1.807, 2.05) is 67.6 Å². The molecule has 1 aliphatic carbocycles. The number of oxazole rings is 1. The van der Waals surface area contributed by atoms with Gasteiger partial charge < -0.3 is 4.42 Å². The summed E-state index contributed by atoms with van der Waals surface area (Å²) in [5.74, 6) is 1.94. The van der Waals surface area contributed by atoms with Gasteiger partial charge in [0, 0.05) is 29.0 Å². The van der Waals surface area contributed by atoms with Crippen LogP contribution < -0.4 is 0 Å². The van der Waals surface area contributed by atoms with Crippen molar-refractivity contribution in [1.82, 2.24) is 4.98 Å². The van der Waals surface area contributed by atoms with Crippen LogP contribution in [-0.2, 0) is 4.79 Å². The summed E-state index contributed by atoms with van der Waals surface area (Å²) < 4.78 is 6.18. The van der Waals surface area contributed by atoms with E-state index in [1.165, 1.54) is 19.3 Å². The van der Waals surface area contributed by atoms with E-state index in [-0.39, 0.29) is 11.7 Å². The molecule has 0 amide bonds. The monoisotopic (exact) mass is 385 g/mol. The van der Waals surface area contributed by atoms with Crippen LogP contribution in [0.5, 0.6) is 0 Å². The number of hydrogen-bond donors (Lipinski definition) is 0. The number of nitrogens with zero attached hydrogens (tertiary/aromatic N) is 1. The Hall–Kier alpha value is -2.94. The van der Waals surface area contributed by atoms with Gasteiger partial charge >= 0.3 is 0 Å². The lowest BCUT2D eigenvalue weighted by molar-refractivity contribution is -0.120. The molecule has 3 nitrogen and oxygen atoms in total. The van der Waals surface area contributed by atoms with Crippen LogP contribution in [0.4, 0.5) is 0 Å². The number of Topliss-reactive ketones (excluding diaryl/α,β-unsaturated/α-hetero) is 1. The molecule has 1 fully saturated rings. The zero-order chi connectivity index (χ0) is 20.2. The zero-order valence-electron chi connectivity index (χ0n) is 16.9. The van der Waals surface area contributed by atoms with Crippen LogP contribution in [0.25, 0.3) is 28.2 Å². The van der Waals surface area contributed by atoms with Crippen molar-refractivity contribution in [2.45, 2.75) is 39.0 Å². The number of benzene rings is 2. The molecule has 0 aliphatic heterocycles. The molecule has 1 atom stereocenters. The lowest BCUT2D eigenvalue weighted by Crippen LogP contribution is -2.12. The van der Waals surface area contributed by atoms with Gasteiger partial charge in [0.25, 0.3) is 0 Å². The normalized spacial score (nSPS) is 14.5. The van der Waals surface area contributed by atoms with Crippen LogP contribution in [0.3, 0.4) is 0 Å². The zero-order valence-corrected chi connectivity index (χ0v) is 16.9. The Morgan fingerprint density at radius 3 is 2.31 bits per heavy atom. The number of ketones is 1. The standard InChI is InChI=1S/C26H27NO2/c1-18(23(28)15-9-10-20-16-17-20)19(2)26-27-24(21-11-5-3-6-12-21)25(29-26)22-13-7-4-8-14-22/h3-8,11-14,18,20H,2,9-10,15-17H2,1H3. The molecular weight excluding hydrogens is 358 g/mol. The van der Waals surface area contributed by atoms with Crippen molar-refractivity contribution in [2.24, 2.45) is 11.8 Å². The first kappa shape index (κ1) is 19.4. The SMILES string of the molecule is C=C(c1nc(-c2ccccc2)c(-c2ccccc2)o1)C(C)C(=O)CCCC1CC1. The number of hydrogen-bond acceptors (Lipinski definition) is 3. The Morgan fingerprint density at radius 1 is 1.07 bits per heavy atom. The first-order chi connectivity index (χ1) is 14.1. The first-order valence-corrected chi connectivity index (χ1v) is 10.5. The highest BCUT2D eigenvalue weighted by molar-refractivity contribution is 5.91. The van der Waals surface area contributed by atoms with Gasteiger partial charge in [-0.25, -0.2) is 4.98 Å². The van der Waals surface area contributed by atoms with Crippen molar-refractivity contribution in [3.05, 3.63) is 73.1 Å². The molecule has 1 saturated carbocycles. The smallest absolute Gasteiger partial charge is 0.223 e. The fourth-order valence-electron chi connectivity index (χ4n) is 3.60. The number of carbonyl (C=O) groups excluding carboxylic acids is 1. The first-order valence-electron chi connectivity index (χ1n) is 10.5. The second-order valence-electron chi connectivity index (χ2n) is 7.98. The minimum absolute atomic E-state index is 0.219. The van der Waals surface area contributed by atoms with Crippen LogP contribution in [0.2, 0.25) is 0 Å². The van der Waals surface area contributed by atoms with Gasteiger partial charge in [-0.2, -0.15) is 0 Å². The molecule has 0 saturated heterocycles. The van der Waals surface area contributed by atoms with Gasteiger partial charge in [-0.3, -0.25) is 4.79 Å². The Kier molecular flexibility index (Phi) is 5.75. The second kappa shape index (κ2) is 8.60. The average Bonchev–Trinajstić information content (AvgIpc) is 3.48. The summed E-state index contributed by atoms with van der Waals surface area (Å²) in [6.07, 6.45) is 5.40. The molecule has 2 aromatic carbocycles. The fourth-order valence-corrected chi connectivity index (χ4v) is 3.60. The summed E-state index contributed by atoms with van der Waals surface area (Å²) in [6.45, 7) is 6.08. The van der Waals surface area contributed by atoms with Crippen LogP contribution >= 0.6 is 0 Å². The fraction of sp³-hybridized carbons (Fsp3) is 0.308. The Morgan fingerprint density at radius 2 is 1.69 bits per heavy atom. The summed E-state index contributed by atoms with van der Waals surface area (Å²) in [4.78, 5) is 17.4. The largest absolute Gasteiger partial charge is 0.436 e. The highest BCUT2D eigenvalue weighted by atomic mass is 16.4. The third-order valence-corrected chi connectivity index (χ3v) is 5.72. The van der Waals surface area contributed by atoms with Crippen molar-refractivity contribution in [2.75, 3.05) is 0 Å². The topological polar surface area (TPSA) is 43.1 Å². The van der Waals surface area contributed by atoms with Gasteiger partial charge in [0.15, 0.2) is 5.76 Å². The maximum atomic E-state index is 12.7. The molecule has 1 heterocycles. The minimum Gasteiger partial charge on any atom is -0.436 e. The summed E-state index contributed by atoms with van der Waals surface area (Å²) >= 11 is 0. The lowest BCUT2D eigenvalue weighted by Gasteiger charge is -2.10. The predicted molar refractivity (Wildman–Crippen MR) is 117 cm³/mol. The van der Waals surface area contributed by atoms with Gasteiger partial charge in [0.2, 0.25) is 5.89 Å². The molecule has 0 radical (unpaired) electrons. The van der Waals surface area contributed by atoms with Gasteiger partial charge in [0.05, 0.1) is 0 Å². The maximum absolute atomic E-state index is 12.7. The number of aromatic nitrogens is 1. The summed E-state index contributed by atoms with van der Waals surface area (Å²) in [6, 6.07) is 19.9. The van der Waals surface area contributed by atoms with E-state index in [4.69, 9.17) is 9.40 Å². The van der Waals surface area contributed by atoms with E-state index >= 15 is 0 Å². The highest BCUT2D eigenvalue weighted by Crippen LogP contribution is 2.37. The number of carbonyl (C=O) groups is 1. The lowest BCUT2D eigenvalue weighted by atomic mass is 9.94. The molecular formula is C26H27NO2. The average molecular weight is 386 g/mol. The third-order valence-electron chi connectivity index (χ3n) is 5.72. The van der Waals surface area contributed by atoms with E-state index in [0.717, 1.165) is 29.2 Å². The molecule has 4 rings (SSSR count). The molecule has 3 aromatic rings. The molecule has 1 aromatic heterocycles. The van der Waals surface area contributed by atoms with Crippen LogP contribution in [0.1, 0.15) is 44.9 Å². The van der Waals surface area contributed by atoms with Crippen molar-refractivity contribution < 1.29 is 9.21 Å². The van der Waals surface area contributed by atoms with Crippen LogP contribution in [0, 0.1) is 11.8 Å². The van der Waals surface area contributed by atoms with Crippen molar-refractivity contribution in [1.29, 1.82) is 0 Å².